The van der Waals surface area contributed by atoms with Gasteiger partial charge in [-0.2, -0.15) is 5.01 Å². The van der Waals surface area contributed by atoms with E-state index >= 15 is 0 Å². The van der Waals surface area contributed by atoms with Crippen LogP contribution in [0.4, 0.5) is 0 Å². The summed E-state index contributed by atoms with van der Waals surface area (Å²) in [6, 6.07) is 22.0. The fourth-order valence-corrected chi connectivity index (χ4v) is 2.87. The van der Waals surface area contributed by atoms with E-state index in [1.165, 1.54) is 4.79 Å². The van der Waals surface area contributed by atoms with Gasteiger partial charge in [0.25, 0.3) is 11.8 Å². The summed E-state index contributed by atoms with van der Waals surface area (Å²) in [5.41, 5.74) is 1.70. The summed E-state index contributed by atoms with van der Waals surface area (Å²) in [6.45, 7) is 0. The minimum Gasteiger partial charge on any atom is -0.267 e. The third-order valence-electron chi connectivity index (χ3n) is 4.01. The number of amides is 2. The van der Waals surface area contributed by atoms with Crippen LogP contribution < -0.4 is 5.01 Å². The van der Waals surface area contributed by atoms with Gasteiger partial charge < -0.3 is 0 Å². The molecule has 0 fully saturated rings. The van der Waals surface area contributed by atoms with E-state index in [2.05, 4.69) is 10.3 Å². The second-order valence-electron chi connectivity index (χ2n) is 5.77. The zero-order valence-corrected chi connectivity index (χ0v) is 14.7. The molecule has 0 aliphatic heterocycles. The summed E-state index contributed by atoms with van der Waals surface area (Å²) in [7, 11) is 0. The van der Waals surface area contributed by atoms with Crippen LogP contribution >= 0.6 is 11.6 Å². The number of imide groups is 1. The Morgan fingerprint density at radius 2 is 1.37 bits per heavy atom. The molecule has 0 N–H and O–H groups in total. The first kappa shape index (κ1) is 16.9. The lowest BCUT2D eigenvalue weighted by molar-refractivity contribution is 0.0850. The second kappa shape index (κ2) is 7.01. The maximum absolute atomic E-state index is 13.2. The fourth-order valence-electron chi connectivity index (χ4n) is 2.70. The van der Waals surface area contributed by atoms with Gasteiger partial charge in [0.1, 0.15) is 11.0 Å². The first-order valence-electron chi connectivity index (χ1n) is 8.15. The van der Waals surface area contributed by atoms with E-state index in [0.29, 0.717) is 27.2 Å². The molecule has 7 heteroatoms. The van der Waals surface area contributed by atoms with Crippen LogP contribution in [0, 0.1) is 0 Å². The maximum Gasteiger partial charge on any atom is 0.281 e. The molecule has 6 nitrogen and oxygen atoms in total. The topological polar surface area (TPSA) is 68.1 Å². The van der Waals surface area contributed by atoms with Gasteiger partial charge in [-0.1, -0.05) is 48.0 Å². The van der Waals surface area contributed by atoms with Crippen molar-refractivity contribution in [2.24, 2.45) is 0 Å². The molecule has 0 atom stereocenters. The van der Waals surface area contributed by atoms with Crippen LogP contribution in [0.5, 0.6) is 0 Å². The van der Waals surface area contributed by atoms with Gasteiger partial charge in [-0.05, 0) is 47.7 Å². The van der Waals surface area contributed by atoms with Crippen molar-refractivity contribution in [1.29, 1.82) is 0 Å². The molecule has 0 bridgehead atoms. The number of fused-ring (bicyclic) bond motifs is 1. The van der Waals surface area contributed by atoms with Crippen molar-refractivity contribution >= 4 is 34.4 Å². The van der Waals surface area contributed by atoms with E-state index < -0.39 is 11.8 Å². The molecule has 1 heterocycles. The van der Waals surface area contributed by atoms with Crippen LogP contribution in [-0.2, 0) is 0 Å². The highest BCUT2D eigenvalue weighted by Gasteiger charge is 2.28. The molecular weight excluding hydrogens is 364 g/mol. The predicted molar refractivity (Wildman–Crippen MR) is 102 cm³/mol. The Morgan fingerprint density at radius 3 is 1.93 bits per heavy atom. The highest BCUT2D eigenvalue weighted by molar-refractivity contribution is 6.31. The standard InChI is InChI=1S/C20H13ClN4O2/c21-16-11-12-18-17(13-16)22-23-25(18)24(19(26)14-7-3-1-4-8-14)20(27)15-9-5-2-6-10-15/h1-13H. The summed E-state index contributed by atoms with van der Waals surface area (Å²) >= 11 is 6.00. The molecular formula is C20H13ClN4O2. The van der Waals surface area contributed by atoms with Crippen molar-refractivity contribution in [2.75, 3.05) is 5.01 Å². The third kappa shape index (κ3) is 3.18. The molecule has 0 radical (unpaired) electrons. The Bertz CT molecular complexity index is 1080. The van der Waals surface area contributed by atoms with Gasteiger partial charge in [-0.25, -0.2) is 0 Å². The molecule has 0 saturated heterocycles. The molecule has 0 saturated carbocycles. The SMILES string of the molecule is O=C(c1ccccc1)N(C(=O)c1ccccc1)n1nnc2cc(Cl)ccc21. The summed E-state index contributed by atoms with van der Waals surface area (Å²) < 4.78 is 0. The average Bonchev–Trinajstić information content (AvgIpc) is 3.12. The van der Waals surface area contributed by atoms with Gasteiger partial charge in [0.05, 0.1) is 0 Å². The van der Waals surface area contributed by atoms with E-state index in [-0.39, 0.29) is 0 Å². The number of hydrogen-bond acceptors (Lipinski definition) is 4. The third-order valence-corrected chi connectivity index (χ3v) is 4.24. The number of halogens is 1. The monoisotopic (exact) mass is 376 g/mol. The number of benzene rings is 3. The maximum atomic E-state index is 13.2. The van der Waals surface area contributed by atoms with E-state index in [1.807, 2.05) is 0 Å². The van der Waals surface area contributed by atoms with Crippen molar-refractivity contribution < 1.29 is 9.59 Å². The molecule has 0 aliphatic carbocycles. The number of nitrogens with zero attached hydrogens (tertiary/aromatic N) is 4. The van der Waals surface area contributed by atoms with E-state index in [9.17, 15) is 9.59 Å². The molecule has 2 amide bonds. The molecule has 1 aromatic heterocycles. The summed E-state index contributed by atoms with van der Waals surface area (Å²) in [4.78, 5) is 27.5. The first-order valence-corrected chi connectivity index (χ1v) is 8.53. The van der Waals surface area contributed by atoms with Gasteiger partial charge in [0, 0.05) is 16.1 Å². The molecule has 3 aromatic carbocycles. The van der Waals surface area contributed by atoms with Gasteiger partial charge in [0.15, 0.2) is 0 Å². The highest BCUT2D eigenvalue weighted by Crippen LogP contribution is 2.19. The molecule has 0 spiro atoms. The van der Waals surface area contributed by atoms with Crippen molar-refractivity contribution in [2.45, 2.75) is 0 Å². The number of rotatable bonds is 3. The van der Waals surface area contributed by atoms with Crippen molar-refractivity contribution in [3.05, 3.63) is 95.0 Å². The Kier molecular flexibility index (Phi) is 4.40. The van der Waals surface area contributed by atoms with Gasteiger partial charge in [-0.3, -0.25) is 9.59 Å². The Labute approximate surface area is 159 Å². The molecule has 132 valence electrons. The normalized spacial score (nSPS) is 10.7. The van der Waals surface area contributed by atoms with Crippen LogP contribution in [0.15, 0.2) is 78.9 Å². The van der Waals surface area contributed by atoms with E-state index in [0.717, 1.165) is 5.01 Å². The summed E-state index contributed by atoms with van der Waals surface area (Å²) in [5, 5.41) is 9.53. The zero-order chi connectivity index (χ0) is 18.8. The largest absolute Gasteiger partial charge is 0.281 e. The molecule has 0 unspecified atom stereocenters. The van der Waals surface area contributed by atoms with E-state index in [4.69, 9.17) is 11.6 Å². The number of aromatic nitrogens is 3. The lowest BCUT2D eigenvalue weighted by Gasteiger charge is -2.20. The van der Waals surface area contributed by atoms with Gasteiger partial charge in [0.2, 0.25) is 0 Å². The van der Waals surface area contributed by atoms with Crippen LogP contribution in [0.25, 0.3) is 11.0 Å². The minimum absolute atomic E-state index is 0.361. The number of carbonyl (C=O) groups excluding carboxylic acids is 2. The Hall–Kier alpha value is -3.51. The fraction of sp³-hybridized carbons (Fsp3) is 0. The Morgan fingerprint density at radius 1 is 0.815 bits per heavy atom. The van der Waals surface area contributed by atoms with Crippen LogP contribution in [0.2, 0.25) is 5.02 Å². The summed E-state index contributed by atoms with van der Waals surface area (Å²) in [6.07, 6.45) is 0. The lowest BCUT2D eigenvalue weighted by atomic mass is 10.1. The minimum atomic E-state index is -0.508. The molecule has 4 aromatic rings. The van der Waals surface area contributed by atoms with Crippen LogP contribution in [0.3, 0.4) is 0 Å². The van der Waals surface area contributed by atoms with Crippen molar-refractivity contribution in [3.8, 4) is 0 Å². The molecule has 4 rings (SSSR count). The quantitative estimate of drug-likeness (QED) is 0.511. The summed E-state index contributed by atoms with van der Waals surface area (Å²) in [5.74, 6) is -1.02. The van der Waals surface area contributed by atoms with Crippen molar-refractivity contribution in [1.82, 2.24) is 15.1 Å². The zero-order valence-electron chi connectivity index (χ0n) is 14.0. The van der Waals surface area contributed by atoms with Crippen molar-refractivity contribution in [3.63, 3.8) is 0 Å². The average molecular weight is 377 g/mol. The highest BCUT2D eigenvalue weighted by atomic mass is 35.5. The second-order valence-corrected chi connectivity index (χ2v) is 6.20. The first-order chi connectivity index (χ1) is 13.1. The van der Waals surface area contributed by atoms with E-state index in [1.54, 1.807) is 78.9 Å². The van der Waals surface area contributed by atoms with Gasteiger partial charge in [-0.15, -0.1) is 9.89 Å². The number of carbonyl (C=O) groups is 2. The van der Waals surface area contributed by atoms with Gasteiger partial charge >= 0.3 is 0 Å². The van der Waals surface area contributed by atoms with Crippen LogP contribution in [0.1, 0.15) is 20.7 Å². The number of hydrogen-bond donors (Lipinski definition) is 0. The lowest BCUT2D eigenvalue weighted by Crippen LogP contribution is -2.46. The van der Waals surface area contributed by atoms with Crippen LogP contribution in [-0.4, -0.2) is 26.9 Å². The molecule has 27 heavy (non-hydrogen) atoms. The smallest absolute Gasteiger partial charge is 0.267 e. The molecule has 0 aliphatic rings. The predicted octanol–water partition coefficient (Wildman–Crippen LogP) is 3.70. The Balaban J connectivity index is 1.87.